The maximum atomic E-state index is 12.6. The van der Waals surface area contributed by atoms with E-state index in [-0.39, 0.29) is 0 Å². The fourth-order valence-electron chi connectivity index (χ4n) is 3.11. The molecule has 0 saturated carbocycles. The molecule has 29 heavy (non-hydrogen) atoms. The van der Waals surface area contributed by atoms with E-state index in [4.69, 9.17) is 44.3 Å². The lowest BCUT2D eigenvalue weighted by Crippen LogP contribution is -2.49. The molecule has 1 aliphatic rings. The van der Waals surface area contributed by atoms with Crippen molar-refractivity contribution < 1.29 is 19.1 Å². The smallest absolute Gasteiger partial charge is 0.341 e. The second kappa shape index (κ2) is 9.00. The standard InChI is InChI=1S/C19H19Cl3N2O4S/c1-27-11-8-6-10(7-9-11)15(25)23-18(19(20,21)22)24-16-14(17(26)28-2)12-4-3-5-13(12)29-16/h6-9,18,24H,3-5H2,1-2H3,(H,23,25)/t18-/m1/s1. The van der Waals surface area contributed by atoms with Gasteiger partial charge in [-0.05, 0) is 49.1 Å². The van der Waals surface area contributed by atoms with Crippen molar-refractivity contribution >= 4 is 63.0 Å². The largest absolute Gasteiger partial charge is 0.497 e. The molecule has 0 bridgehead atoms. The van der Waals surface area contributed by atoms with Crippen molar-refractivity contribution in [2.75, 3.05) is 19.5 Å². The van der Waals surface area contributed by atoms with Gasteiger partial charge in [0.2, 0.25) is 3.79 Å². The first-order valence-electron chi connectivity index (χ1n) is 8.75. The predicted molar refractivity (Wildman–Crippen MR) is 116 cm³/mol. The Morgan fingerprint density at radius 1 is 1.14 bits per heavy atom. The summed E-state index contributed by atoms with van der Waals surface area (Å²) in [6.07, 6.45) is 1.56. The van der Waals surface area contributed by atoms with Crippen LogP contribution in [0.25, 0.3) is 0 Å². The van der Waals surface area contributed by atoms with Gasteiger partial charge in [-0.15, -0.1) is 11.3 Å². The molecule has 1 heterocycles. The number of thiophene rings is 1. The third kappa shape index (κ3) is 4.91. The highest BCUT2D eigenvalue weighted by molar-refractivity contribution is 7.16. The number of benzene rings is 1. The molecule has 6 nitrogen and oxygen atoms in total. The molecule has 1 amide bonds. The van der Waals surface area contributed by atoms with Gasteiger partial charge in [-0.25, -0.2) is 4.79 Å². The zero-order valence-electron chi connectivity index (χ0n) is 15.7. The molecular weight excluding hydrogens is 459 g/mol. The molecule has 0 spiro atoms. The van der Waals surface area contributed by atoms with Gasteiger partial charge in [-0.2, -0.15) is 0 Å². The van der Waals surface area contributed by atoms with Crippen molar-refractivity contribution in [3.63, 3.8) is 0 Å². The molecule has 0 radical (unpaired) electrons. The van der Waals surface area contributed by atoms with Crippen molar-refractivity contribution in [1.82, 2.24) is 5.32 Å². The van der Waals surface area contributed by atoms with Crippen LogP contribution in [0.2, 0.25) is 0 Å². The number of hydrogen-bond donors (Lipinski definition) is 2. The number of alkyl halides is 3. The Morgan fingerprint density at radius 2 is 1.83 bits per heavy atom. The predicted octanol–water partition coefficient (Wildman–Crippen LogP) is 4.57. The summed E-state index contributed by atoms with van der Waals surface area (Å²) in [4.78, 5) is 26.1. The van der Waals surface area contributed by atoms with Crippen LogP contribution in [0.4, 0.5) is 5.00 Å². The number of anilines is 1. The molecule has 1 aromatic carbocycles. The number of methoxy groups -OCH3 is 2. The van der Waals surface area contributed by atoms with E-state index in [2.05, 4.69) is 10.6 Å². The van der Waals surface area contributed by atoms with Gasteiger partial charge in [0.05, 0.1) is 19.8 Å². The summed E-state index contributed by atoms with van der Waals surface area (Å²) in [6, 6.07) is 6.52. The van der Waals surface area contributed by atoms with Crippen LogP contribution < -0.4 is 15.4 Å². The quantitative estimate of drug-likeness (QED) is 0.362. The van der Waals surface area contributed by atoms with Crippen molar-refractivity contribution in [2.45, 2.75) is 29.2 Å². The summed E-state index contributed by atoms with van der Waals surface area (Å²) < 4.78 is 8.15. The minimum atomic E-state index is -1.87. The molecule has 2 aromatic rings. The van der Waals surface area contributed by atoms with E-state index in [1.165, 1.54) is 25.6 Å². The fourth-order valence-corrected chi connectivity index (χ4v) is 4.74. The molecule has 1 atom stereocenters. The van der Waals surface area contributed by atoms with E-state index >= 15 is 0 Å². The second-order valence-corrected chi connectivity index (χ2v) is 9.85. The zero-order valence-corrected chi connectivity index (χ0v) is 18.8. The summed E-state index contributed by atoms with van der Waals surface area (Å²) in [6.45, 7) is 0. The molecular formula is C19H19Cl3N2O4S. The van der Waals surface area contributed by atoms with Gasteiger partial charge in [-0.3, -0.25) is 4.79 Å². The van der Waals surface area contributed by atoms with Crippen molar-refractivity contribution in [3.05, 3.63) is 45.8 Å². The Kier molecular flexibility index (Phi) is 6.83. The van der Waals surface area contributed by atoms with E-state index < -0.39 is 21.8 Å². The number of rotatable bonds is 6. The van der Waals surface area contributed by atoms with Crippen LogP contribution >= 0.6 is 46.1 Å². The molecule has 0 aliphatic heterocycles. The molecule has 2 N–H and O–H groups in total. The molecule has 0 saturated heterocycles. The number of fused-ring (bicyclic) bond motifs is 1. The topological polar surface area (TPSA) is 76.7 Å². The summed E-state index contributed by atoms with van der Waals surface area (Å²) in [5.41, 5.74) is 1.76. The maximum absolute atomic E-state index is 12.6. The number of aryl methyl sites for hydroxylation is 1. The van der Waals surface area contributed by atoms with Gasteiger partial charge >= 0.3 is 5.97 Å². The van der Waals surface area contributed by atoms with Crippen LogP contribution in [-0.4, -0.2) is 36.1 Å². The number of carbonyl (C=O) groups is 2. The highest BCUT2D eigenvalue weighted by atomic mass is 35.6. The number of amides is 1. The third-order valence-corrected chi connectivity index (χ3v) is 6.42. The Bertz CT molecular complexity index is 909. The Morgan fingerprint density at radius 3 is 2.41 bits per heavy atom. The monoisotopic (exact) mass is 476 g/mol. The molecule has 3 rings (SSSR count). The van der Waals surface area contributed by atoms with E-state index in [1.54, 1.807) is 24.3 Å². The molecule has 1 aliphatic carbocycles. The number of ether oxygens (including phenoxy) is 2. The van der Waals surface area contributed by atoms with Crippen LogP contribution in [0.15, 0.2) is 24.3 Å². The van der Waals surface area contributed by atoms with Gasteiger partial charge in [0.15, 0.2) is 0 Å². The number of esters is 1. The van der Waals surface area contributed by atoms with Crippen LogP contribution in [0, 0.1) is 0 Å². The summed E-state index contributed by atoms with van der Waals surface area (Å²) in [5.74, 6) is -0.287. The Balaban J connectivity index is 1.85. The lowest BCUT2D eigenvalue weighted by molar-refractivity contribution is 0.0601. The number of nitrogens with one attached hydrogen (secondary N) is 2. The Hall–Kier alpha value is -1.67. The summed E-state index contributed by atoms with van der Waals surface area (Å²) in [7, 11) is 2.86. The van der Waals surface area contributed by atoms with E-state index in [1.807, 2.05) is 0 Å². The average Bonchev–Trinajstić information content (AvgIpc) is 3.27. The van der Waals surface area contributed by atoms with E-state index in [9.17, 15) is 9.59 Å². The maximum Gasteiger partial charge on any atom is 0.341 e. The molecule has 0 unspecified atom stereocenters. The fraction of sp³-hybridized carbons (Fsp3) is 0.368. The zero-order chi connectivity index (χ0) is 21.2. The SMILES string of the molecule is COC(=O)c1c(N[C@@H](NC(=O)c2ccc(OC)cc2)C(Cl)(Cl)Cl)sc2c1CCC2. The second-order valence-electron chi connectivity index (χ2n) is 6.37. The van der Waals surface area contributed by atoms with Crippen molar-refractivity contribution in [3.8, 4) is 5.75 Å². The van der Waals surface area contributed by atoms with Gasteiger partial charge < -0.3 is 20.1 Å². The van der Waals surface area contributed by atoms with Crippen LogP contribution in [0.1, 0.15) is 37.6 Å². The van der Waals surface area contributed by atoms with E-state index in [0.29, 0.717) is 21.9 Å². The first-order chi connectivity index (χ1) is 13.7. The summed E-state index contributed by atoms with van der Waals surface area (Å²) in [5, 5.41) is 6.20. The van der Waals surface area contributed by atoms with Crippen LogP contribution in [0.5, 0.6) is 5.75 Å². The average molecular weight is 478 g/mol. The lowest BCUT2D eigenvalue weighted by atomic mass is 10.1. The number of hydrogen-bond acceptors (Lipinski definition) is 6. The number of halogens is 3. The van der Waals surface area contributed by atoms with Crippen molar-refractivity contribution in [2.24, 2.45) is 0 Å². The first-order valence-corrected chi connectivity index (χ1v) is 10.7. The van der Waals surface area contributed by atoms with Gasteiger partial charge in [-0.1, -0.05) is 34.8 Å². The van der Waals surface area contributed by atoms with Crippen molar-refractivity contribution in [1.29, 1.82) is 0 Å². The molecule has 10 heteroatoms. The molecule has 0 fully saturated rings. The number of carbonyl (C=O) groups excluding carboxylic acids is 2. The lowest BCUT2D eigenvalue weighted by Gasteiger charge is -2.27. The summed E-state index contributed by atoms with van der Waals surface area (Å²) >= 11 is 19.7. The third-order valence-electron chi connectivity index (χ3n) is 4.54. The van der Waals surface area contributed by atoms with Gasteiger partial charge in [0.25, 0.3) is 5.91 Å². The molecule has 156 valence electrons. The van der Waals surface area contributed by atoms with E-state index in [0.717, 1.165) is 29.7 Å². The Labute approximate surface area is 187 Å². The minimum absolute atomic E-state index is 0.369. The highest BCUT2D eigenvalue weighted by Crippen LogP contribution is 2.41. The van der Waals surface area contributed by atoms with Gasteiger partial charge in [0.1, 0.15) is 16.9 Å². The molecule has 1 aromatic heterocycles. The highest BCUT2D eigenvalue weighted by Gasteiger charge is 2.37. The van der Waals surface area contributed by atoms with Crippen LogP contribution in [0.3, 0.4) is 0 Å². The first kappa shape index (κ1) is 22.0. The normalized spacial score (nSPS) is 14.1. The minimum Gasteiger partial charge on any atom is -0.497 e. The van der Waals surface area contributed by atoms with Crippen LogP contribution in [-0.2, 0) is 17.6 Å². The van der Waals surface area contributed by atoms with Gasteiger partial charge in [0, 0.05) is 10.4 Å².